The summed E-state index contributed by atoms with van der Waals surface area (Å²) in [7, 11) is 1.76. The van der Waals surface area contributed by atoms with E-state index in [1.165, 1.54) is 24.0 Å². The van der Waals surface area contributed by atoms with Crippen molar-refractivity contribution >= 4 is 0 Å². The first-order valence-corrected chi connectivity index (χ1v) is 6.86. The van der Waals surface area contributed by atoms with Gasteiger partial charge in [0.05, 0.1) is 19.8 Å². The Hall–Kier alpha value is -1.06. The Bertz CT molecular complexity index is 409. The maximum absolute atomic E-state index is 5.76. The second-order valence-electron chi connectivity index (χ2n) is 5.25. The molecule has 3 rings (SSSR count). The van der Waals surface area contributed by atoms with Gasteiger partial charge in [0, 0.05) is 13.1 Å². The molecule has 2 fully saturated rings. The van der Waals surface area contributed by atoms with Gasteiger partial charge in [0.2, 0.25) is 0 Å². The largest absolute Gasteiger partial charge is 0.496 e. The molecule has 0 radical (unpaired) electrons. The van der Waals surface area contributed by atoms with Crippen LogP contribution in [-0.2, 0) is 11.2 Å². The monoisotopic (exact) mass is 247 g/mol. The van der Waals surface area contributed by atoms with Crippen molar-refractivity contribution in [3.63, 3.8) is 0 Å². The highest BCUT2D eigenvalue weighted by atomic mass is 16.5. The normalized spacial score (nSPS) is 23.9. The summed E-state index contributed by atoms with van der Waals surface area (Å²) in [6.07, 6.45) is 3.93. The van der Waals surface area contributed by atoms with Crippen LogP contribution in [0.5, 0.6) is 5.75 Å². The molecule has 1 N–H and O–H groups in total. The van der Waals surface area contributed by atoms with Crippen molar-refractivity contribution in [2.45, 2.75) is 31.3 Å². The van der Waals surface area contributed by atoms with Crippen LogP contribution in [0.3, 0.4) is 0 Å². The molecule has 0 bridgehead atoms. The number of benzene rings is 1. The molecule has 0 spiro atoms. The average molecular weight is 247 g/mol. The van der Waals surface area contributed by atoms with Gasteiger partial charge in [-0.15, -0.1) is 0 Å². The maximum Gasteiger partial charge on any atom is 0.122 e. The Morgan fingerprint density at radius 1 is 1.39 bits per heavy atom. The van der Waals surface area contributed by atoms with Gasteiger partial charge in [-0.2, -0.15) is 0 Å². The molecule has 1 aliphatic heterocycles. The standard InChI is InChI=1S/C15H21NO2/c1-17-15-5-2-11(9-14(15)12-3-4-12)8-13-10-16-6-7-18-13/h2,5,9,12-13,16H,3-4,6-8,10H2,1H3/t13-/m1/s1. The summed E-state index contributed by atoms with van der Waals surface area (Å²) in [5, 5.41) is 3.38. The molecule has 1 atom stereocenters. The molecule has 0 amide bonds. The van der Waals surface area contributed by atoms with Crippen molar-refractivity contribution in [2.75, 3.05) is 26.8 Å². The highest BCUT2D eigenvalue weighted by Crippen LogP contribution is 2.44. The third kappa shape index (κ3) is 2.68. The van der Waals surface area contributed by atoms with Crippen LogP contribution >= 0.6 is 0 Å². The van der Waals surface area contributed by atoms with Crippen molar-refractivity contribution in [3.05, 3.63) is 29.3 Å². The number of rotatable bonds is 4. The zero-order valence-corrected chi connectivity index (χ0v) is 10.9. The van der Waals surface area contributed by atoms with E-state index in [1.807, 2.05) is 0 Å². The van der Waals surface area contributed by atoms with E-state index in [0.29, 0.717) is 6.10 Å². The lowest BCUT2D eigenvalue weighted by Gasteiger charge is -2.24. The minimum absolute atomic E-state index is 0.319. The summed E-state index contributed by atoms with van der Waals surface area (Å²) < 4.78 is 11.2. The van der Waals surface area contributed by atoms with E-state index >= 15 is 0 Å². The van der Waals surface area contributed by atoms with E-state index in [9.17, 15) is 0 Å². The van der Waals surface area contributed by atoms with Gasteiger partial charge >= 0.3 is 0 Å². The number of methoxy groups -OCH3 is 1. The van der Waals surface area contributed by atoms with Gasteiger partial charge in [-0.3, -0.25) is 0 Å². The van der Waals surface area contributed by atoms with E-state index in [4.69, 9.17) is 9.47 Å². The van der Waals surface area contributed by atoms with Crippen LogP contribution < -0.4 is 10.1 Å². The van der Waals surface area contributed by atoms with Gasteiger partial charge in [-0.25, -0.2) is 0 Å². The highest BCUT2D eigenvalue weighted by molar-refractivity contribution is 5.42. The van der Waals surface area contributed by atoms with Crippen molar-refractivity contribution in [1.29, 1.82) is 0 Å². The lowest BCUT2D eigenvalue weighted by Crippen LogP contribution is -2.39. The molecule has 1 aromatic rings. The Labute approximate surface area is 108 Å². The topological polar surface area (TPSA) is 30.5 Å². The number of hydrogen-bond acceptors (Lipinski definition) is 3. The number of hydrogen-bond donors (Lipinski definition) is 1. The molecule has 1 heterocycles. The van der Waals surface area contributed by atoms with E-state index < -0.39 is 0 Å². The molecule has 98 valence electrons. The molecule has 2 aliphatic rings. The van der Waals surface area contributed by atoms with Gasteiger partial charge in [0.25, 0.3) is 0 Å². The second-order valence-corrected chi connectivity index (χ2v) is 5.25. The Balaban J connectivity index is 1.73. The Morgan fingerprint density at radius 3 is 2.94 bits per heavy atom. The van der Waals surface area contributed by atoms with Crippen LogP contribution in [-0.4, -0.2) is 32.9 Å². The first-order chi connectivity index (χ1) is 8.86. The van der Waals surface area contributed by atoms with E-state index in [1.54, 1.807) is 7.11 Å². The van der Waals surface area contributed by atoms with Crippen LogP contribution in [0.4, 0.5) is 0 Å². The summed E-state index contributed by atoms with van der Waals surface area (Å²) in [6, 6.07) is 6.59. The van der Waals surface area contributed by atoms with Crippen LogP contribution in [0, 0.1) is 0 Å². The van der Waals surface area contributed by atoms with Crippen molar-refractivity contribution in [1.82, 2.24) is 5.32 Å². The summed E-state index contributed by atoms with van der Waals surface area (Å²) in [6.45, 7) is 2.77. The van der Waals surface area contributed by atoms with Gasteiger partial charge in [-0.1, -0.05) is 12.1 Å². The lowest BCUT2D eigenvalue weighted by molar-refractivity contribution is 0.0292. The molecule has 18 heavy (non-hydrogen) atoms. The smallest absolute Gasteiger partial charge is 0.122 e. The second kappa shape index (κ2) is 5.29. The summed E-state index contributed by atoms with van der Waals surface area (Å²) in [5.74, 6) is 1.77. The first kappa shape index (κ1) is 12.0. The fourth-order valence-electron chi connectivity index (χ4n) is 2.64. The molecular weight excluding hydrogens is 226 g/mol. The molecule has 0 aromatic heterocycles. The minimum Gasteiger partial charge on any atom is -0.496 e. The molecule has 0 unspecified atom stereocenters. The predicted octanol–water partition coefficient (Wildman–Crippen LogP) is 2.10. The fourth-order valence-corrected chi connectivity index (χ4v) is 2.64. The van der Waals surface area contributed by atoms with E-state index in [0.717, 1.165) is 37.8 Å². The maximum atomic E-state index is 5.76. The minimum atomic E-state index is 0.319. The number of ether oxygens (including phenoxy) is 2. The quantitative estimate of drug-likeness (QED) is 0.884. The third-order valence-electron chi connectivity index (χ3n) is 3.78. The fraction of sp³-hybridized carbons (Fsp3) is 0.600. The van der Waals surface area contributed by atoms with E-state index in [-0.39, 0.29) is 0 Å². The predicted molar refractivity (Wildman–Crippen MR) is 71.3 cm³/mol. The van der Waals surface area contributed by atoms with Gasteiger partial charge in [0.1, 0.15) is 5.75 Å². The molecule has 1 saturated carbocycles. The van der Waals surface area contributed by atoms with Crippen molar-refractivity contribution in [2.24, 2.45) is 0 Å². The molecule has 1 aliphatic carbocycles. The molecule has 3 nitrogen and oxygen atoms in total. The molecule has 1 aromatic carbocycles. The molecule has 1 saturated heterocycles. The van der Waals surface area contributed by atoms with Crippen molar-refractivity contribution in [3.8, 4) is 5.75 Å². The zero-order valence-electron chi connectivity index (χ0n) is 10.9. The third-order valence-corrected chi connectivity index (χ3v) is 3.78. The van der Waals surface area contributed by atoms with Crippen LogP contribution in [0.25, 0.3) is 0 Å². The molecule has 3 heteroatoms. The Morgan fingerprint density at radius 2 is 2.28 bits per heavy atom. The van der Waals surface area contributed by atoms with Gasteiger partial charge < -0.3 is 14.8 Å². The van der Waals surface area contributed by atoms with Gasteiger partial charge in [0.15, 0.2) is 0 Å². The SMILES string of the molecule is COc1ccc(C[C@@H]2CNCCO2)cc1C1CC1. The summed E-state index contributed by atoms with van der Waals surface area (Å²) in [4.78, 5) is 0. The first-order valence-electron chi connectivity index (χ1n) is 6.86. The summed E-state index contributed by atoms with van der Waals surface area (Å²) in [5.41, 5.74) is 2.75. The number of morpholine rings is 1. The lowest BCUT2D eigenvalue weighted by atomic mass is 10.0. The number of nitrogens with one attached hydrogen (secondary N) is 1. The van der Waals surface area contributed by atoms with Gasteiger partial charge in [-0.05, 0) is 42.4 Å². The summed E-state index contributed by atoms with van der Waals surface area (Å²) >= 11 is 0. The zero-order chi connectivity index (χ0) is 12.4. The Kier molecular flexibility index (Phi) is 3.52. The van der Waals surface area contributed by atoms with E-state index in [2.05, 4.69) is 23.5 Å². The van der Waals surface area contributed by atoms with Crippen LogP contribution in [0.1, 0.15) is 29.9 Å². The van der Waals surface area contributed by atoms with Crippen molar-refractivity contribution < 1.29 is 9.47 Å². The molecular formula is C15H21NO2. The average Bonchev–Trinajstić information content (AvgIpc) is 3.24. The van der Waals surface area contributed by atoms with Crippen LogP contribution in [0.15, 0.2) is 18.2 Å². The van der Waals surface area contributed by atoms with Crippen LogP contribution in [0.2, 0.25) is 0 Å². The highest BCUT2D eigenvalue weighted by Gasteiger charge is 2.27.